The molecule has 0 aliphatic carbocycles. The normalized spacial score (nSPS) is 11.0. The molecule has 0 aliphatic heterocycles. The second-order valence-corrected chi connectivity index (χ2v) is 2.62. The first-order chi connectivity index (χ1) is 6.61. The summed E-state index contributed by atoms with van der Waals surface area (Å²) in [6.07, 6.45) is -1.98. The van der Waals surface area contributed by atoms with E-state index >= 15 is 0 Å². The van der Waals surface area contributed by atoms with Crippen LogP contribution in [-0.4, -0.2) is 10.1 Å². The Bertz CT molecular complexity index is 331. The molecule has 1 heterocycles. The van der Waals surface area contributed by atoms with Crippen LogP contribution in [0.4, 0.5) is 13.2 Å². The molecular weight excluding hydrogens is 197 g/mol. The largest absolute Gasteiger partial charge is 0.390 e. The van der Waals surface area contributed by atoms with Crippen LogP contribution < -0.4 is 5.73 Å². The van der Waals surface area contributed by atoms with Crippen LogP contribution in [0.5, 0.6) is 0 Å². The number of nitrogens with two attached hydrogens (primary N) is 1. The predicted molar refractivity (Wildman–Crippen MR) is 43.0 cm³/mol. The Morgan fingerprint density at radius 2 is 2.14 bits per heavy atom. The summed E-state index contributed by atoms with van der Waals surface area (Å²) < 4.78 is 37.9. The number of aromatic nitrogens is 1. The first-order valence-corrected chi connectivity index (χ1v) is 3.87. The zero-order valence-corrected chi connectivity index (χ0v) is 7.17. The molecule has 1 aromatic rings. The number of aliphatic hydroxyl groups is 1. The summed E-state index contributed by atoms with van der Waals surface area (Å²) in [5, 5.41) is 8.64. The second kappa shape index (κ2) is 4.39. The third kappa shape index (κ3) is 1.85. The van der Waals surface area contributed by atoms with Gasteiger partial charge in [0.05, 0.1) is 6.61 Å². The molecular formula is C8H9F3N2O. The molecule has 1 rings (SSSR count). The lowest BCUT2D eigenvalue weighted by Crippen LogP contribution is -2.09. The first kappa shape index (κ1) is 10.9. The fourth-order valence-electron chi connectivity index (χ4n) is 1.09. The van der Waals surface area contributed by atoms with E-state index in [2.05, 4.69) is 4.98 Å². The van der Waals surface area contributed by atoms with Crippen molar-refractivity contribution in [3.8, 4) is 0 Å². The molecule has 0 unspecified atom stereocenters. The fraction of sp³-hybridized carbons (Fsp3) is 0.375. The van der Waals surface area contributed by atoms with Gasteiger partial charge in [0.2, 0.25) is 0 Å². The first-order valence-electron chi connectivity index (χ1n) is 3.87. The molecule has 0 aromatic carbocycles. The Morgan fingerprint density at radius 1 is 1.50 bits per heavy atom. The van der Waals surface area contributed by atoms with Gasteiger partial charge in [-0.05, 0) is 0 Å². The molecule has 0 aliphatic rings. The minimum Gasteiger partial charge on any atom is -0.390 e. The van der Waals surface area contributed by atoms with E-state index < -0.39 is 24.4 Å². The van der Waals surface area contributed by atoms with Crippen LogP contribution in [0.3, 0.4) is 0 Å². The monoisotopic (exact) mass is 206 g/mol. The van der Waals surface area contributed by atoms with E-state index in [4.69, 9.17) is 10.8 Å². The molecule has 0 saturated carbocycles. The van der Waals surface area contributed by atoms with Crippen molar-refractivity contribution >= 4 is 0 Å². The lowest BCUT2D eigenvalue weighted by atomic mass is 10.1. The Hall–Kier alpha value is -1.14. The number of rotatable bonds is 3. The number of hydrogen-bond donors (Lipinski definition) is 2. The molecule has 1 aromatic heterocycles. The smallest absolute Gasteiger partial charge is 0.265 e. The Kier molecular flexibility index (Phi) is 3.43. The Labute approximate surface area is 78.4 Å². The number of halogens is 3. The highest BCUT2D eigenvalue weighted by molar-refractivity contribution is 5.29. The zero-order chi connectivity index (χ0) is 10.7. The van der Waals surface area contributed by atoms with Gasteiger partial charge in [-0.2, -0.15) is 0 Å². The summed E-state index contributed by atoms with van der Waals surface area (Å²) in [5.41, 5.74) is 4.04. The predicted octanol–water partition coefficient (Wildman–Crippen LogP) is 1.11. The maximum absolute atomic E-state index is 13.3. The molecule has 0 fully saturated rings. The van der Waals surface area contributed by atoms with E-state index in [9.17, 15) is 13.2 Å². The van der Waals surface area contributed by atoms with Crippen molar-refractivity contribution in [3.05, 3.63) is 28.8 Å². The fourth-order valence-corrected chi connectivity index (χ4v) is 1.09. The van der Waals surface area contributed by atoms with Gasteiger partial charge in [0.15, 0.2) is 5.82 Å². The van der Waals surface area contributed by atoms with Crippen molar-refractivity contribution in [1.29, 1.82) is 0 Å². The summed E-state index contributed by atoms with van der Waals surface area (Å²) in [6, 6.07) is 0. The topological polar surface area (TPSA) is 59.1 Å². The molecule has 0 amide bonds. The quantitative estimate of drug-likeness (QED) is 0.778. The van der Waals surface area contributed by atoms with E-state index in [0.717, 1.165) is 6.20 Å². The van der Waals surface area contributed by atoms with Crippen LogP contribution in [0.2, 0.25) is 0 Å². The molecule has 0 bridgehead atoms. The van der Waals surface area contributed by atoms with Crippen LogP contribution in [-0.2, 0) is 13.2 Å². The Balaban J connectivity index is 3.28. The third-order valence-corrected chi connectivity index (χ3v) is 1.82. The summed E-state index contributed by atoms with van der Waals surface area (Å²) in [4.78, 5) is 3.37. The minimum absolute atomic E-state index is 0.269. The molecule has 0 saturated heterocycles. The molecule has 3 N–H and O–H groups in total. The van der Waals surface area contributed by atoms with Gasteiger partial charge < -0.3 is 10.8 Å². The van der Waals surface area contributed by atoms with Gasteiger partial charge in [-0.15, -0.1) is 0 Å². The van der Waals surface area contributed by atoms with Crippen LogP contribution in [0, 0.1) is 5.82 Å². The van der Waals surface area contributed by atoms with Gasteiger partial charge in [0, 0.05) is 23.9 Å². The molecule has 0 atom stereocenters. The number of nitrogens with zero attached hydrogens (tertiary/aromatic N) is 1. The Morgan fingerprint density at radius 3 is 2.57 bits per heavy atom. The van der Waals surface area contributed by atoms with E-state index in [1.807, 2.05) is 0 Å². The van der Waals surface area contributed by atoms with Crippen molar-refractivity contribution in [2.45, 2.75) is 19.6 Å². The molecule has 6 heteroatoms. The molecule has 3 nitrogen and oxygen atoms in total. The van der Waals surface area contributed by atoms with E-state index in [-0.39, 0.29) is 17.8 Å². The summed E-state index contributed by atoms with van der Waals surface area (Å²) >= 11 is 0. The molecule has 14 heavy (non-hydrogen) atoms. The van der Waals surface area contributed by atoms with Gasteiger partial charge in [0.25, 0.3) is 6.43 Å². The lowest BCUT2D eigenvalue weighted by molar-refractivity contribution is 0.148. The average Bonchev–Trinajstić information content (AvgIpc) is 2.17. The molecule has 78 valence electrons. The van der Waals surface area contributed by atoms with E-state index in [0.29, 0.717) is 0 Å². The van der Waals surface area contributed by atoms with E-state index in [1.54, 1.807) is 0 Å². The molecule has 0 radical (unpaired) electrons. The van der Waals surface area contributed by atoms with Crippen molar-refractivity contribution in [1.82, 2.24) is 4.98 Å². The standard InChI is InChI=1S/C8H9F3N2O/c9-7-4(1-12)5(8(10)11)2-13-6(7)3-14/h2,8,14H,1,3,12H2. The summed E-state index contributed by atoms with van der Waals surface area (Å²) in [7, 11) is 0. The number of aliphatic hydroxyl groups excluding tert-OH is 1. The number of alkyl halides is 2. The summed E-state index contributed by atoms with van der Waals surface area (Å²) in [6.45, 7) is -0.983. The van der Waals surface area contributed by atoms with Crippen LogP contribution in [0.1, 0.15) is 23.2 Å². The van der Waals surface area contributed by atoms with Crippen LogP contribution in [0.25, 0.3) is 0 Å². The van der Waals surface area contributed by atoms with Gasteiger partial charge in [0.1, 0.15) is 5.69 Å². The van der Waals surface area contributed by atoms with Gasteiger partial charge in [-0.25, -0.2) is 13.2 Å². The lowest BCUT2D eigenvalue weighted by Gasteiger charge is -2.09. The second-order valence-electron chi connectivity index (χ2n) is 2.62. The van der Waals surface area contributed by atoms with Crippen molar-refractivity contribution in [3.63, 3.8) is 0 Å². The number of hydrogen-bond acceptors (Lipinski definition) is 3. The van der Waals surface area contributed by atoms with Crippen LogP contribution in [0.15, 0.2) is 6.20 Å². The van der Waals surface area contributed by atoms with E-state index in [1.165, 1.54) is 0 Å². The SMILES string of the molecule is NCc1c(C(F)F)cnc(CO)c1F. The van der Waals surface area contributed by atoms with Crippen molar-refractivity contribution < 1.29 is 18.3 Å². The minimum atomic E-state index is -2.82. The highest BCUT2D eigenvalue weighted by Gasteiger charge is 2.18. The third-order valence-electron chi connectivity index (χ3n) is 1.82. The number of pyridine rings is 1. The van der Waals surface area contributed by atoms with Crippen molar-refractivity contribution in [2.75, 3.05) is 0 Å². The maximum atomic E-state index is 13.3. The highest BCUT2D eigenvalue weighted by atomic mass is 19.3. The van der Waals surface area contributed by atoms with Gasteiger partial charge in [-0.3, -0.25) is 4.98 Å². The highest BCUT2D eigenvalue weighted by Crippen LogP contribution is 2.25. The van der Waals surface area contributed by atoms with Crippen LogP contribution >= 0.6 is 0 Å². The van der Waals surface area contributed by atoms with Gasteiger partial charge in [-0.1, -0.05) is 0 Å². The van der Waals surface area contributed by atoms with Gasteiger partial charge >= 0.3 is 0 Å². The van der Waals surface area contributed by atoms with Crippen molar-refractivity contribution in [2.24, 2.45) is 5.73 Å². The molecule has 0 spiro atoms. The zero-order valence-electron chi connectivity index (χ0n) is 7.17. The summed E-state index contributed by atoms with van der Waals surface area (Å²) in [5.74, 6) is -0.951. The average molecular weight is 206 g/mol. The maximum Gasteiger partial charge on any atom is 0.265 e.